The average molecular weight is 265 g/mol. The molecule has 0 aliphatic rings. The van der Waals surface area contributed by atoms with Gasteiger partial charge in [-0.2, -0.15) is 0 Å². The van der Waals surface area contributed by atoms with Crippen LogP contribution in [0.15, 0.2) is 24.3 Å². The normalized spacial score (nSPS) is 14.1. The van der Waals surface area contributed by atoms with Gasteiger partial charge in [0, 0.05) is 26.1 Å². The largest absolute Gasteiger partial charge is 0.496 e. The summed E-state index contributed by atoms with van der Waals surface area (Å²) in [6, 6.07) is 8.32. The summed E-state index contributed by atoms with van der Waals surface area (Å²) in [4.78, 5) is 0. The van der Waals surface area contributed by atoms with Crippen LogP contribution in [-0.4, -0.2) is 33.9 Å². The Labute approximate surface area is 117 Å². The molecule has 0 heterocycles. The minimum Gasteiger partial charge on any atom is -0.496 e. The molecule has 108 valence electrons. The first-order valence-corrected chi connectivity index (χ1v) is 7.07. The van der Waals surface area contributed by atoms with Crippen LogP contribution in [0.25, 0.3) is 0 Å². The van der Waals surface area contributed by atoms with Crippen LogP contribution in [-0.2, 0) is 4.74 Å². The Kier molecular flexibility index (Phi) is 7.53. The Balaban J connectivity index is 2.77. The van der Waals surface area contributed by atoms with Crippen molar-refractivity contribution in [1.29, 1.82) is 0 Å². The van der Waals surface area contributed by atoms with Crippen LogP contribution in [0.1, 0.15) is 31.7 Å². The van der Waals surface area contributed by atoms with Crippen LogP contribution in [0.5, 0.6) is 5.75 Å². The zero-order valence-corrected chi connectivity index (χ0v) is 12.6. The Morgan fingerprint density at radius 1 is 1.21 bits per heavy atom. The van der Waals surface area contributed by atoms with Gasteiger partial charge >= 0.3 is 0 Å². The second-order valence-electron chi connectivity index (χ2n) is 4.93. The molecule has 0 aliphatic heterocycles. The SMILES string of the molecule is CCC(C)C(CNCCOC)c1ccccc1OC. The van der Waals surface area contributed by atoms with Crippen LogP contribution in [0.2, 0.25) is 0 Å². The molecule has 0 aliphatic carbocycles. The van der Waals surface area contributed by atoms with Crippen molar-refractivity contribution >= 4 is 0 Å². The van der Waals surface area contributed by atoms with E-state index in [2.05, 4.69) is 31.3 Å². The molecule has 0 radical (unpaired) electrons. The van der Waals surface area contributed by atoms with Crippen LogP contribution in [0.3, 0.4) is 0 Å². The molecular weight excluding hydrogens is 238 g/mol. The van der Waals surface area contributed by atoms with Gasteiger partial charge in [-0.3, -0.25) is 0 Å². The topological polar surface area (TPSA) is 30.5 Å². The monoisotopic (exact) mass is 265 g/mol. The first kappa shape index (κ1) is 16.0. The summed E-state index contributed by atoms with van der Waals surface area (Å²) >= 11 is 0. The van der Waals surface area contributed by atoms with E-state index in [0.29, 0.717) is 11.8 Å². The minimum absolute atomic E-state index is 0.470. The number of benzene rings is 1. The Hall–Kier alpha value is -1.06. The van der Waals surface area contributed by atoms with Crippen molar-refractivity contribution in [3.8, 4) is 5.75 Å². The average Bonchev–Trinajstić information content (AvgIpc) is 2.46. The van der Waals surface area contributed by atoms with Gasteiger partial charge < -0.3 is 14.8 Å². The molecule has 0 fully saturated rings. The summed E-state index contributed by atoms with van der Waals surface area (Å²) in [6.07, 6.45) is 1.16. The lowest BCUT2D eigenvalue weighted by atomic mass is 9.85. The molecule has 0 bridgehead atoms. The molecule has 0 aromatic heterocycles. The van der Waals surface area contributed by atoms with E-state index < -0.39 is 0 Å². The van der Waals surface area contributed by atoms with Crippen LogP contribution < -0.4 is 10.1 Å². The summed E-state index contributed by atoms with van der Waals surface area (Å²) in [5.74, 6) is 2.07. The quantitative estimate of drug-likeness (QED) is 0.696. The van der Waals surface area contributed by atoms with E-state index in [1.807, 2.05) is 12.1 Å². The van der Waals surface area contributed by atoms with E-state index in [1.165, 1.54) is 5.56 Å². The van der Waals surface area contributed by atoms with Crippen molar-refractivity contribution in [2.45, 2.75) is 26.2 Å². The predicted molar refractivity (Wildman–Crippen MR) is 79.9 cm³/mol. The minimum atomic E-state index is 0.470. The molecule has 2 atom stereocenters. The fraction of sp³-hybridized carbons (Fsp3) is 0.625. The highest BCUT2D eigenvalue weighted by molar-refractivity contribution is 5.36. The fourth-order valence-corrected chi connectivity index (χ4v) is 2.31. The van der Waals surface area contributed by atoms with Crippen molar-refractivity contribution in [3.63, 3.8) is 0 Å². The van der Waals surface area contributed by atoms with E-state index in [9.17, 15) is 0 Å². The van der Waals surface area contributed by atoms with Crippen LogP contribution in [0.4, 0.5) is 0 Å². The maximum atomic E-state index is 5.50. The first-order chi connectivity index (χ1) is 9.24. The number of hydrogen-bond acceptors (Lipinski definition) is 3. The summed E-state index contributed by atoms with van der Waals surface area (Å²) in [5, 5.41) is 3.47. The number of nitrogens with one attached hydrogen (secondary N) is 1. The maximum absolute atomic E-state index is 5.50. The lowest BCUT2D eigenvalue weighted by Crippen LogP contribution is -2.28. The molecule has 0 amide bonds. The zero-order chi connectivity index (χ0) is 14.1. The summed E-state index contributed by atoms with van der Waals surface area (Å²) < 4.78 is 10.6. The van der Waals surface area contributed by atoms with Crippen molar-refractivity contribution in [3.05, 3.63) is 29.8 Å². The van der Waals surface area contributed by atoms with Gasteiger partial charge in [-0.05, 0) is 17.5 Å². The maximum Gasteiger partial charge on any atom is 0.122 e. The van der Waals surface area contributed by atoms with Gasteiger partial charge in [-0.15, -0.1) is 0 Å². The van der Waals surface area contributed by atoms with E-state index in [4.69, 9.17) is 9.47 Å². The smallest absolute Gasteiger partial charge is 0.122 e. The second-order valence-corrected chi connectivity index (χ2v) is 4.93. The van der Waals surface area contributed by atoms with Gasteiger partial charge in [0.15, 0.2) is 0 Å². The Morgan fingerprint density at radius 3 is 2.58 bits per heavy atom. The molecule has 0 saturated heterocycles. The highest BCUT2D eigenvalue weighted by Gasteiger charge is 2.20. The molecule has 1 aromatic rings. The third kappa shape index (κ3) is 4.84. The number of rotatable bonds is 9. The second kappa shape index (κ2) is 8.94. The van der Waals surface area contributed by atoms with Gasteiger partial charge in [0.25, 0.3) is 0 Å². The summed E-state index contributed by atoms with van der Waals surface area (Å²) in [7, 11) is 3.47. The molecular formula is C16H27NO2. The number of methoxy groups -OCH3 is 2. The van der Waals surface area contributed by atoms with Gasteiger partial charge in [0.1, 0.15) is 5.75 Å². The fourth-order valence-electron chi connectivity index (χ4n) is 2.31. The van der Waals surface area contributed by atoms with Gasteiger partial charge in [-0.1, -0.05) is 38.5 Å². The van der Waals surface area contributed by atoms with Gasteiger partial charge in [0.05, 0.1) is 13.7 Å². The molecule has 3 nitrogen and oxygen atoms in total. The third-order valence-electron chi connectivity index (χ3n) is 3.72. The van der Waals surface area contributed by atoms with Gasteiger partial charge in [-0.25, -0.2) is 0 Å². The standard InChI is InChI=1S/C16H27NO2/c1-5-13(2)15(12-17-10-11-18-3)14-8-6-7-9-16(14)19-4/h6-9,13,15,17H,5,10-12H2,1-4H3. The summed E-state index contributed by atoms with van der Waals surface area (Å²) in [6.45, 7) is 7.13. The van der Waals surface area contributed by atoms with Gasteiger partial charge in [0.2, 0.25) is 0 Å². The third-order valence-corrected chi connectivity index (χ3v) is 3.72. The molecule has 3 heteroatoms. The van der Waals surface area contributed by atoms with Crippen molar-refractivity contribution in [2.24, 2.45) is 5.92 Å². The van der Waals surface area contributed by atoms with Crippen LogP contribution in [0, 0.1) is 5.92 Å². The molecule has 1 rings (SSSR count). The highest BCUT2D eigenvalue weighted by atomic mass is 16.5. The van der Waals surface area contributed by atoms with E-state index in [1.54, 1.807) is 14.2 Å². The Morgan fingerprint density at radius 2 is 1.95 bits per heavy atom. The number of ether oxygens (including phenoxy) is 2. The molecule has 2 unspecified atom stereocenters. The Bertz CT molecular complexity index is 354. The van der Waals surface area contributed by atoms with Crippen molar-refractivity contribution < 1.29 is 9.47 Å². The van der Waals surface area contributed by atoms with Crippen molar-refractivity contribution in [1.82, 2.24) is 5.32 Å². The molecule has 1 aromatic carbocycles. The predicted octanol–water partition coefficient (Wildman–Crippen LogP) is 3.06. The first-order valence-electron chi connectivity index (χ1n) is 7.07. The number of para-hydroxylation sites is 1. The number of hydrogen-bond donors (Lipinski definition) is 1. The highest BCUT2D eigenvalue weighted by Crippen LogP contribution is 2.32. The van der Waals surface area contributed by atoms with Crippen LogP contribution >= 0.6 is 0 Å². The molecule has 19 heavy (non-hydrogen) atoms. The summed E-state index contributed by atoms with van der Waals surface area (Å²) in [5.41, 5.74) is 1.30. The lowest BCUT2D eigenvalue weighted by molar-refractivity contribution is 0.198. The zero-order valence-electron chi connectivity index (χ0n) is 12.6. The molecule has 0 spiro atoms. The van der Waals surface area contributed by atoms with E-state index in [-0.39, 0.29) is 0 Å². The molecule has 0 saturated carbocycles. The lowest BCUT2D eigenvalue weighted by Gasteiger charge is -2.25. The van der Waals surface area contributed by atoms with Crippen molar-refractivity contribution in [2.75, 3.05) is 33.9 Å². The molecule has 1 N–H and O–H groups in total. The van der Waals surface area contributed by atoms with E-state index in [0.717, 1.165) is 31.9 Å². The van der Waals surface area contributed by atoms with E-state index >= 15 is 0 Å².